The average molecular weight is 479 g/mol. The maximum atomic E-state index is 13.1. The van der Waals surface area contributed by atoms with Crippen LogP contribution in [0.4, 0.5) is 11.4 Å². The summed E-state index contributed by atoms with van der Waals surface area (Å²) < 4.78 is 55.9. The minimum atomic E-state index is -3.96. The van der Waals surface area contributed by atoms with Crippen molar-refractivity contribution in [1.82, 2.24) is 0 Å². The quantitative estimate of drug-likeness (QED) is 0.546. The van der Waals surface area contributed by atoms with E-state index < -0.39 is 20.0 Å². The lowest BCUT2D eigenvalue weighted by atomic mass is 10.1. The second-order valence-electron chi connectivity index (χ2n) is 7.30. The van der Waals surface area contributed by atoms with Crippen molar-refractivity contribution in [2.24, 2.45) is 0 Å². The number of hydrogen-bond acceptors (Lipinski definition) is 4. The fourth-order valence-electron chi connectivity index (χ4n) is 3.18. The van der Waals surface area contributed by atoms with Crippen molar-refractivity contribution in [2.45, 2.75) is 30.6 Å². The summed E-state index contributed by atoms with van der Waals surface area (Å²) in [5, 5.41) is 0.486. The molecular weight excluding hydrogens is 456 g/mol. The van der Waals surface area contributed by atoms with Gasteiger partial charge in [0.1, 0.15) is 0 Å². The van der Waals surface area contributed by atoms with Crippen LogP contribution in [0.5, 0.6) is 0 Å². The number of nitrogens with zero attached hydrogens (tertiary/aromatic N) is 1. The molecule has 0 spiro atoms. The van der Waals surface area contributed by atoms with E-state index in [2.05, 4.69) is 4.72 Å². The van der Waals surface area contributed by atoms with Gasteiger partial charge in [0.2, 0.25) is 0 Å². The van der Waals surface area contributed by atoms with Crippen molar-refractivity contribution in [3.8, 4) is 0 Å². The molecular formula is C22H23ClN2O4S2. The zero-order chi connectivity index (χ0) is 23.0. The minimum Gasteiger partial charge on any atom is -0.280 e. The second kappa shape index (κ2) is 8.53. The number of hydrogen-bond donors (Lipinski definition) is 1. The lowest BCUT2D eigenvalue weighted by Crippen LogP contribution is -2.28. The Balaban J connectivity index is 2.04. The molecule has 0 radical (unpaired) electrons. The second-order valence-corrected chi connectivity index (χ2v) is 11.4. The number of halogens is 1. The lowest BCUT2D eigenvalue weighted by Gasteiger charge is -2.23. The molecule has 9 heteroatoms. The zero-order valence-corrected chi connectivity index (χ0v) is 19.9. The van der Waals surface area contributed by atoms with Crippen molar-refractivity contribution in [3.63, 3.8) is 0 Å². The van der Waals surface area contributed by atoms with Crippen molar-refractivity contribution in [1.29, 1.82) is 0 Å². The van der Waals surface area contributed by atoms with Gasteiger partial charge in [-0.05, 0) is 74.4 Å². The summed E-state index contributed by atoms with van der Waals surface area (Å²) in [6.07, 6.45) is 0. The van der Waals surface area contributed by atoms with Crippen LogP contribution in [0, 0.1) is 20.8 Å². The van der Waals surface area contributed by atoms with Gasteiger partial charge < -0.3 is 0 Å². The summed E-state index contributed by atoms with van der Waals surface area (Å²) in [5.74, 6) is 0. The Morgan fingerprint density at radius 2 is 1.39 bits per heavy atom. The normalized spacial score (nSPS) is 11.9. The SMILES string of the molecule is Cc1ccc(S(=O)(=O)N(C)c2cc(S(=O)(=O)Nc3ccc(Cl)cc3)c(C)cc2C)cc1. The molecule has 31 heavy (non-hydrogen) atoms. The number of sulfonamides is 2. The molecule has 0 unspecified atom stereocenters. The zero-order valence-electron chi connectivity index (χ0n) is 17.5. The Hall–Kier alpha value is -2.55. The van der Waals surface area contributed by atoms with Crippen molar-refractivity contribution in [2.75, 3.05) is 16.1 Å². The summed E-state index contributed by atoms with van der Waals surface area (Å²) in [6.45, 7) is 5.28. The monoisotopic (exact) mass is 478 g/mol. The van der Waals surface area contributed by atoms with Crippen LogP contribution in [0.2, 0.25) is 5.02 Å². The predicted octanol–water partition coefficient (Wildman–Crippen LogP) is 4.89. The standard InChI is InChI=1S/C22H23ClN2O4S2/c1-15-5-11-20(12-6-15)31(28,29)25(4)21-14-22(17(3)13-16(21)2)30(26,27)24-19-9-7-18(23)8-10-19/h5-14,24H,1-4H3. The van der Waals surface area contributed by atoms with E-state index >= 15 is 0 Å². The summed E-state index contributed by atoms with van der Waals surface area (Å²) in [6, 6.07) is 15.8. The van der Waals surface area contributed by atoms with Crippen LogP contribution in [0.3, 0.4) is 0 Å². The number of benzene rings is 3. The van der Waals surface area contributed by atoms with Gasteiger partial charge in [-0.1, -0.05) is 35.4 Å². The highest BCUT2D eigenvalue weighted by molar-refractivity contribution is 7.93. The lowest BCUT2D eigenvalue weighted by molar-refractivity contribution is 0.593. The van der Waals surface area contributed by atoms with Gasteiger partial charge in [0.05, 0.1) is 15.5 Å². The first-order valence-corrected chi connectivity index (χ1v) is 12.7. The highest BCUT2D eigenvalue weighted by Crippen LogP contribution is 2.31. The van der Waals surface area contributed by atoms with Gasteiger partial charge in [0.15, 0.2) is 0 Å². The summed E-state index contributed by atoms with van der Waals surface area (Å²) in [7, 11) is -6.41. The molecule has 0 aliphatic heterocycles. The molecule has 6 nitrogen and oxygen atoms in total. The maximum Gasteiger partial charge on any atom is 0.264 e. The first-order valence-electron chi connectivity index (χ1n) is 9.37. The van der Waals surface area contributed by atoms with Gasteiger partial charge in [-0.3, -0.25) is 9.03 Å². The van der Waals surface area contributed by atoms with Gasteiger partial charge in [0.25, 0.3) is 20.0 Å². The smallest absolute Gasteiger partial charge is 0.264 e. The molecule has 0 aromatic heterocycles. The van der Waals surface area contributed by atoms with Crippen LogP contribution in [-0.4, -0.2) is 23.9 Å². The molecule has 0 heterocycles. The van der Waals surface area contributed by atoms with Crippen LogP contribution in [0.1, 0.15) is 16.7 Å². The van der Waals surface area contributed by atoms with Crippen LogP contribution in [0.25, 0.3) is 0 Å². The van der Waals surface area contributed by atoms with Gasteiger partial charge in [0, 0.05) is 17.8 Å². The molecule has 0 saturated heterocycles. The summed E-state index contributed by atoms with van der Waals surface area (Å²) in [5.41, 5.74) is 2.72. The third kappa shape index (κ3) is 4.87. The Morgan fingerprint density at radius 3 is 1.97 bits per heavy atom. The number of nitrogens with one attached hydrogen (secondary N) is 1. The van der Waals surface area contributed by atoms with Crippen LogP contribution in [-0.2, 0) is 20.0 Å². The Morgan fingerprint density at radius 1 is 0.806 bits per heavy atom. The van der Waals surface area contributed by atoms with Gasteiger partial charge >= 0.3 is 0 Å². The van der Waals surface area contributed by atoms with E-state index in [1.165, 1.54) is 25.2 Å². The highest BCUT2D eigenvalue weighted by Gasteiger charge is 2.26. The minimum absolute atomic E-state index is 0.00555. The topological polar surface area (TPSA) is 83.6 Å². The molecule has 0 fully saturated rings. The number of aryl methyl sites for hydroxylation is 3. The Kier molecular flexibility index (Phi) is 6.36. The Bertz CT molecular complexity index is 1320. The van der Waals surface area contributed by atoms with E-state index in [0.29, 0.717) is 21.8 Å². The predicted molar refractivity (Wildman–Crippen MR) is 125 cm³/mol. The van der Waals surface area contributed by atoms with Gasteiger partial charge in [-0.2, -0.15) is 0 Å². The molecule has 0 saturated carbocycles. The Labute approximate surface area is 188 Å². The molecule has 0 aliphatic carbocycles. The summed E-state index contributed by atoms with van der Waals surface area (Å²) >= 11 is 5.86. The third-order valence-electron chi connectivity index (χ3n) is 4.90. The molecule has 0 bridgehead atoms. The van der Waals surface area contributed by atoms with E-state index in [1.54, 1.807) is 56.3 Å². The van der Waals surface area contributed by atoms with Gasteiger partial charge in [-0.15, -0.1) is 0 Å². The molecule has 3 rings (SSSR count). The fourth-order valence-corrected chi connectivity index (χ4v) is 5.86. The maximum absolute atomic E-state index is 13.1. The van der Waals surface area contributed by atoms with Crippen molar-refractivity contribution >= 4 is 43.0 Å². The number of anilines is 2. The van der Waals surface area contributed by atoms with Crippen molar-refractivity contribution in [3.05, 3.63) is 82.4 Å². The largest absolute Gasteiger partial charge is 0.280 e. The molecule has 164 valence electrons. The molecule has 0 atom stereocenters. The van der Waals surface area contributed by atoms with E-state index in [0.717, 1.165) is 9.87 Å². The molecule has 1 N–H and O–H groups in total. The molecule has 0 aliphatic rings. The van der Waals surface area contributed by atoms with E-state index in [1.807, 2.05) is 6.92 Å². The number of rotatable bonds is 6. The van der Waals surface area contributed by atoms with Crippen LogP contribution < -0.4 is 9.03 Å². The van der Waals surface area contributed by atoms with E-state index in [4.69, 9.17) is 11.6 Å². The third-order valence-corrected chi connectivity index (χ3v) is 8.46. The van der Waals surface area contributed by atoms with Gasteiger partial charge in [-0.25, -0.2) is 16.8 Å². The highest BCUT2D eigenvalue weighted by atomic mass is 35.5. The first kappa shape index (κ1) is 23.1. The summed E-state index contributed by atoms with van der Waals surface area (Å²) in [4.78, 5) is 0.123. The van der Waals surface area contributed by atoms with E-state index in [-0.39, 0.29) is 15.5 Å². The first-order chi connectivity index (χ1) is 14.4. The van der Waals surface area contributed by atoms with Crippen LogP contribution in [0.15, 0.2) is 70.5 Å². The fraction of sp³-hybridized carbons (Fsp3) is 0.182. The molecule has 3 aromatic rings. The average Bonchev–Trinajstić information content (AvgIpc) is 2.69. The van der Waals surface area contributed by atoms with Crippen molar-refractivity contribution < 1.29 is 16.8 Å². The molecule has 3 aromatic carbocycles. The van der Waals surface area contributed by atoms with E-state index in [9.17, 15) is 16.8 Å². The van der Waals surface area contributed by atoms with Crippen LogP contribution >= 0.6 is 11.6 Å². The molecule has 0 amide bonds.